The van der Waals surface area contributed by atoms with Gasteiger partial charge in [-0.2, -0.15) is 5.10 Å². The van der Waals surface area contributed by atoms with Gasteiger partial charge in [0, 0.05) is 5.02 Å². The molecule has 0 amide bonds. The zero-order valence-electron chi connectivity index (χ0n) is 12.2. The molecule has 0 saturated heterocycles. The highest BCUT2D eigenvalue weighted by molar-refractivity contribution is 6.82. The van der Waals surface area contributed by atoms with E-state index < -0.39 is 5.24 Å². The summed E-state index contributed by atoms with van der Waals surface area (Å²) < 4.78 is 0. The number of rotatable bonds is 3. The van der Waals surface area contributed by atoms with Crippen LogP contribution in [-0.4, -0.2) is 17.0 Å². The first-order valence-corrected chi connectivity index (χ1v) is 8.20. The molecule has 2 atom stereocenters. The van der Waals surface area contributed by atoms with Crippen LogP contribution >= 0.6 is 34.8 Å². The average Bonchev–Trinajstić information content (AvgIpc) is 2.86. The van der Waals surface area contributed by atoms with Crippen LogP contribution in [0.25, 0.3) is 0 Å². The van der Waals surface area contributed by atoms with Crippen LogP contribution in [0.5, 0.6) is 0 Å². The zero-order valence-corrected chi connectivity index (χ0v) is 14.5. The lowest BCUT2D eigenvalue weighted by Crippen LogP contribution is -2.30. The van der Waals surface area contributed by atoms with Crippen LogP contribution in [0.15, 0.2) is 53.6 Å². The molecular weight excluding hydrogens is 355 g/mol. The van der Waals surface area contributed by atoms with E-state index in [1.54, 1.807) is 23.2 Å². The molecule has 1 aliphatic rings. The summed E-state index contributed by atoms with van der Waals surface area (Å²) in [7, 11) is 0. The van der Waals surface area contributed by atoms with Crippen LogP contribution in [-0.2, 0) is 4.79 Å². The van der Waals surface area contributed by atoms with E-state index in [9.17, 15) is 4.79 Å². The van der Waals surface area contributed by atoms with E-state index in [2.05, 4.69) is 5.10 Å². The minimum atomic E-state index is -0.557. The Balaban J connectivity index is 2.06. The standard InChI is InChI=1S/C17H13Cl3N2O/c1-10-15(11-5-3-2-4-6-11)16(17(20)23)21-22(10)14-8-7-12(18)9-13(14)19/h2-10,15H,1H3/t10-,15+/m1/s1. The molecule has 0 fully saturated rings. The number of benzene rings is 2. The Morgan fingerprint density at radius 2 is 1.83 bits per heavy atom. The topological polar surface area (TPSA) is 32.7 Å². The predicted molar refractivity (Wildman–Crippen MR) is 95.9 cm³/mol. The van der Waals surface area contributed by atoms with Crippen molar-refractivity contribution in [2.45, 2.75) is 18.9 Å². The number of carbonyl (C=O) groups excluding carboxylic acids is 1. The van der Waals surface area contributed by atoms with Gasteiger partial charge >= 0.3 is 0 Å². The Labute approximate surface area is 149 Å². The number of hydrogen-bond donors (Lipinski definition) is 0. The molecule has 0 unspecified atom stereocenters. The van der Waals surface area contributed by atoms with Crippen molar-refractivity contribution < 1.29 is 4.79 Å². The van der Waals surface area contributed by atoms with Gasteiger partial charge in [-0.05, 0) is 42.3 Å². The molecule has 3 nitrogen and oxygen atoms in total. The summed E-state index contributed by atoms with van der Waals surface area (Å²) in [6, 6.07) is 14.8. The molecule has 0 radical (unpaired) electrons. The van der Waals surface area contributed by atoms with Gasteiger partial charge in [0.2, 0.25) is 0 Å². The van der Waals surface area contributed by atoms with E-state index in [4.69, 9.17) is 34.8 Å². The number of nitrogens with zero attached hydrogens (tertiary/aromatic N) is 2. The fourth-order valence-electron chi connectivity index (χ4n) is 2.84. The first-order valence-electron chi connectivity index (χ1n) is 7.06. The van der Waals surface area contributed by atoms with Gasteiger partial charge < -0.3 is 0 Å². The lowest BCUT2D eigenvalue weighted by atomic mass is 9.89. The maximum absolute atomic E-state index is 11.8. The highest BCUT2D eigenvalue weighted by Gasteiger charge is 2.39. The maximum Gasteiger partial charge on any atom is 0.269 e. The van der Waals surface area contributed by atoms with Crippen LogP contribution in [0.3, 0.4) is 0 Å². The predicted octanol–water partition coefficient (Wildman–Crippen LogP) is 5.11. The molecule has 118 valence electrons. The average molecular weight is 368 g/mol. The quantitative estimate of drug-likeness (QED) is 0.706. The molecule has 23 heavy (non-hydrogen) atoms. The van der Waals surface area contributed by atoms with Gasteiger partial charge in [0.15, 0.2) is 0 Å². The van der Waals surface area contributed by atoms with Crippen LogP contribution in [0.1, 0.15) is 18.4 Å². The third-order valence-corrected chi connectivity index (χ3v) is 4.63. The Kier molecular flexibility index (Phi) is 4.62. The second kappa shape index (κ2) is 6.52. The van der Waals surface area contributed by atoms with E-state index >= 15 is 0 Å². The van der Waals surface area contributed by atoms with Crippen molar-refractivity contribution >= 4 is 51.4 Å². The third-order valence-electron chi connectivity index (χ3n) is 3.89. The molecular formula is C17H13Cl3N2O. The van der Waals surface area contributed by atoms with Crippen LogP contribution in [0.4, 0.5) is 5.69 Å². The number of hydrogen-bond acceptors (Lipinski definition) is 3. The van der Waals surface area contributed by atoms with Gasteiger partial charge in [-0.3, -0.25) is 9.80 Å². The van der Waals surface area contributed by atoms with Crippen molar-refractivity contribution in [2.75, 3.05) is 5.01 Å². The second-order valence-electron chi connectivity index (χ2n) is 5.33. The van der Waals surface area contributed by atoms with E-state index in [1.807, 2.05) is 37.3 Å². The van der Waals surface area contributed by atoms with Crippen molar-refractivity contribution in [3.05, 3.63) is 64.1 Å². The van der Waals surface area contributed by atoms with E-state index in [0.717, 1.165) is 5.56 Å². The first kappa shape index (κ1) is 16.3. The second-order valence-corrected chi connectivity index (χ2v) is 6.52. The van der Waals surface area contributed by atoms with Gasteiger partial charge in [-0.15, -0.1) is 0 Å². The largest absolute Gasteiger partial charge is 0.274 e. The lowest BCUT2D eigenvalue weighted by molar-refractivity contribution is -0.106. The number of anilines is 1. The van der Waals surface area contributed by atoms with Gasteiger partial charge in [0.25, 0.3) is 5.24 Å². The molecule has 0 saturated carbocycles. The van der Waals surface area contributed by atoms with Gasteiger partial charge in [0.05, 0.1) is 22.7 Å². The number of carbonyl (C=O) groups is 1. The minimum absolute atomic E-state index is 0.103. The monoisotopic (exact) mass is 366 g/mol. The summed E-state index contributed by atoms with van der Waals surface area (Å²) in [4.78, 5) is 11.8. The van der Waals surface area contributed by atoms with Crippen LogP contribution in [0.2, 0.25) is 10.0 Å². The van der Waals surface area contributed by atoms with Crippen molar-refractivity contribution in [2.24, 2.45) is 5.10 Å². The minimum Gasteiger partial charge on any atom is -0.274 e. The zero-order chi connectivity index (χ0) is 16.6. The molecule has 1 heterocycles. The van der Waals surface area contributed by atoms with Gasteiger partial charge in [0.1, 0.15) is 5.71 Å². The molecule has 0 spiro atoms. The molecule has 1 aliphatic heterocycles. The van der Waals surface area contributed by atoms with E-state index in [0.29, 0.717) is 21.4 Å². The smallest absolute Gasteiger partial charge is 0.269 e. The summed E-state index contributed by atoms with van der Waals surface area (Å²) in [6.07, 6.45) is 0. The first-order chi connectivity index (χ1) is 11.0. The van der Waals surface area contributed by atoms with Crippen molar-refractivity contribution in [1.82, 2.24) is 0 Å². The number of halogens is 3. The fourth-order valence-corrected chi connectivity index (χ4v) is 3.49. The summed E-state index contributed by atoms with van der Waals surface area (Å²) in [5.74, 6) is -0.215. The highest BCUT2D eigenvalue weighted by Crippen LogP contribution is 2.39. The Bertz CT molecular complexity index is 777. The van der Waals surface area contributed by atoms with Crippen molar-refractivity contribution in [3.63, 3.8) is 0 Å². The molecule has 0 aliphatic carbocycles. The van der Waals surface area contributed by atoms with Crippen LogP contribution in [0, 0.1) is 0 Å². The molecule has 0 bridgehead atoms. The Morgan fingerprint density at radius 1 is 1.13 bits per heavy atom. The van der Waals surface area contributed by atoms with Crippen molar-refractivity contribution in [3.8, 4) is 0 Å². The Hall–Kier alpha value is -1.55. The van der Waals surface area contributed by atoms with Gasteiger partial charge in [-0.25, -0.2) is 0 Å². The normalized spacial score (nSPS) is 20.5. The molecule has 0 N–H and O–H groups in total. The summed E-state index contributed by atoms with van der Waals surface area (Å²) in [6.45, 7) is 1.99. The van der Waals surface area contributed by atoms with Gasteiger partial charge in [-0.1, -0.05) is 53.5 Å². The molecule has 2 aromatic rings. The summed E-state index contributed by atoms with van der Waals surface area (Å²) in [5, 5.41) is 6.62. The SMILES string of the molecule is C[C@@H]1[C@@H](c2ccccc2)C(C(=O)Cl)=NN1c1ccc(Cl)cc1Cl. The van der Waals surface area contributed by atoms with E-state index in [-0.39, 0.29) is 12.0 Å². The maximum atomic E-state index is 11.8. The highest BCUT2D eigenvalue weighted by atomic mass is 35.5. The third kappa shape index (κ3) is 3.09. The lowest BCUT2D eigenvalue weighted by Gasteiger charge is -2.25. The fraction of sp³-hybridized carbons (Fsp3) is 0.176. The number of hydrazone groups is 1. The molecule has 2 aromatic carbocycles. The summed E-state index contributed by atoms with van der Waals surface area (Å²) in [5.41, 5.74) is 1.99. The van der Waals surface area contributed by atoms with Crippen LogP contribution < -0.4 is 5.01 Å². The molecule has 0 aromatic heterocycles. The summed E-state index contributed by atoms with van der Waals surface area (Å²) >= 11 is 18.0. The Morgan fingerprint density at radius 3 is 2.43 bits per heavy atom. The molecule has 3 rings (SSSR count). The molecule has 6 heteroatoms. The van der Waals surface area contributed by atoms with Crippen molar-refractivity contribution in [1.29, 1.82) is 0 Å². The van der Waals surface area contributed by atoms with E-state index in [1.165, 1.54) is 0 Å².